The van der Waals surface area contributed by atoms with Crippen molar-refractivity contribution in [2.75, 3.05) is 15.8 Å². The van der Waals surface area contributed by atoms with Crippen LogP contribution in [0.4, 0.5) is 15.8 Å². The molecule has 94 valence electrons. The van der Waals surface area contributed by atoms with E-state index >= 15 is 0 Å². The third kappa shape index (κ3) is 4.03. The Bertz CT molecular complexity index is 528. The molecule has 0 spiro atoms. The van der Waals surface area contributed by atoms with Crippen LogP contribution in [0.5, 0.6) is 0 Å². The SMILES string of the molecule is CCS(=O)(=O)Nc1cc(F)ccc1NC(C)=O. The van der Waals surface area contributed by atoms with Gasteiger partial charge in [0.1, 0.15) is 5.82 Å². The van der Waals surface area contributed by atoms with Gasteiger partial charge in [0.15, 0.2) is 0 Å². The van der Waals surface area contributed by atoms with Gasteiger partial charge in [-0.2, -0.15) is 0 Å². The lowest BCUT2D eigenvalue weighted by Gasteiger charge is -2.11. The molecule has 0 radical (unpaired) electrons. The number of benzene rings is 1. The van der Waals surface area contributed by atoms with Gasteiger partial charge < -0.3 is 5.32 Å². The molecular formula is C10H13FN2O3S. The first-order valence-corrected chi connectivity index (χ1v) is 6.57. The number of carbonyl (C=O) groups is 1. The minimum atomic E-state index is -3.52. The third-order valence-electron chi connectivity index (χ3n) is 1.94. The van der Waals surface area contributed by atoms with Crippen molar-refractivity contribution in [2.24, 2.45) is 0 Å². The molecule has 0 atom stereocenters. The lowest BCUT2D eigenvalue weighted by Crippen LogP contribution is -2.17. The minimum Gasteiger partial charge on any atom is -0.325 e. The van der Waals surface area contributed by atoms with E-state index in [1.54, 1.807) is 0 Å². The van der Waals surface area contributed by atoms with E-state index in [-0.39, 0.29) is 23.0 Å². The maximum atomic E-state index is 13.0. The minimum absolute atomic E-state index is 0.0158. The van der Waals surface area contributed by atoms with E-state index in [9.17, 15) is 17.6 Å². The molecule has 0 aliphatic carbocycles. The number of anilines is 2. The predicted molar refractivity (Wildman–Crippen MR) is 63.8 cm³/mol. The van der Waals surface area contributed by atoms with Crippen molar-refractivity contribution < 1.29 is 17.6 Å². The van der Waals surface area contributed by atoms with E-state index in [0.29, 0.717) is 0 Å². The molecule has 17 heavy (non-hydrogen) atoms. The zero-order chi connectivity index (χ0) is 13.1. The summed E-state index contributed by atoms with van der Waals surface area (Å²) in [5.74, 6) is -1.09. The van der Waals surface area contributed by atoms with E-state index in [1.165, 1.54) is 19.9 Å². The molecule has 1 rings (SSSR count). The second-order valence-corrected chi connectivity index (χ2v) is 5.39. The highest BCUT2D eigenvalue weighted by molar-refractivity contribution is 7.92. The Hall–Kier alpha value is -1.63. The van der Waals surface area contributed by atoms with Gasteiger partial charge in [0.25, 0.3) is 0 Å². The first kappa shape index (κ1) is 13.4. The summed E-state index contributed by atoms with van der Waals surface area (Å²) in [5, 5.41) is 2.41. The lowest BCUT2D eigenvalue weighted by atomic mass is 10.2. The van der Waals surface area contributed by atoms with Gasteiger partial charge in [-0.3, -0.25) is 9.52 Å². The zero-order valence-electron chi connectivity index (χ0n) is 9.45. The van der Waals surface area contributed by atoms with Gasteiger partial charge in [-0.1, -0.05) is 0 Å². The highest BCUT2D eigenvalue weighted by Gasteiger charge is 2.12. The predicted octanol–water partition coefficient (Wildman–Crippen LogP) is 1.55. The van der Waals surface area contributed by atoms with Crippen molar-refractivity contribution in [3.05, 3.63) is 24.0 Å². The molecule has 0 unspecified atom stereocenters. The van der Waals surface area contributed by atoms with Crippen molar-refractivity contribution in [1.82, 2.24) is 0 Å². The molecule has 5 nitrogen and oxygen atoms in total. The number of rotatable bonds is 4. The van der Waals surface area contributed by atoms with Crippen LogP contribution in [0.25, 0.3) is 0 Å². The van der Waals surface area contributed by atoms with Crippen molar-refractivity contribution in [2.45, 2.75) is 13.8 Å². The smallest absolute Gasteiger partial charge is 0.232 e. The fourth-order valence-corrected chi connectivity index (χ4v) is 1.79. The highest BCUT2D eigenvalue weighted by Crippen LogP contribution is 2.23. The summed E-state index contributed by atoms with van der Waals surface area (Å²) in [5.41, 5.74) is 0.234. The molecule has 0 aliphatic rings. The Morgan fingerprint density at radius 1 is 1.35 bits per heavy atom. The van der Waals surface area contributed by atoms with Gasteiger partial charge in [-0.05, 0) is 19.1 Å². The number of nitrogens with one attached hydrogen (secondary N) is 2. The van der Waals surface area contributed by atoms with E-state index < -0.39 is 15.8 Å². The van der Waals surface area contributed by atoms with Gasteiger partial charge >= 0.3 is 0 Å². The van der Waals surface area contributed by atoms with Crippen LogP contribution in [0.2, 0.25) is 0 Å². The summed E-state index contributed by atoms with van der Waals surface area (Å²) < 4.78 is 38.0. The molecule has 0 saturated carbocycles. The number of amides is 1. The molecule has 0 aliphatic heterocycles. The molecule has 2 N–H and O–H groups in total. The van der Waals surface area contributed by atoms with Crippen molar-refractivity contribution >= 4 is 27.3 Å². The average Bonchev–Trinajstić information content (AvgIpc) is 2.21. The van der Waals surface area contributed by atoms with Gasteiger partial charge in [0, 0.05) is 13.0 Å². The molecule has 0 bridgehead atoms. The Morgan fingerprint density at radius 2 is 2.00 bits per heavy atom. The molecule has 1 aromatic carbocycles. The molecule has 1 aromatic rings. The van der Waals surface area contributed by atoms with Crippen LogP contribution in [0.15, 0.2) is 18.2 Å². The molecular weight excluding hydrogens is 247 g/mol. The maximum Gasteiger partial charge on any atom is 0.232 e. The second kappa shape index (κ2) is 5.13. The van der Waals surface area contributed by atoms with Gasteiger partial charge in [-0.25, -0.2) is 12.8 Å². The standard InChI is InChI=1S/C10H13FN2O3S/c1-3-17(15,16)13-10-6-8(11)4-5-9(10)12-7(2)14/h4-6,13H,3H2,1-2H3,(H,12,14). The molecule has 1 amide bonds. The summed E-state index contributed by atoms with van der Waals surface area (Å²) in [7, 11) is -3.52. The number of carbonyl (C=O) groups excluding carboxylic acids is 1. The summed E-state index contributed by atoms with van der Waals surface area (Å²) in [4.78, 5) is 10.9. The number of hydrogen-bond acceptors (Lipinski definition) is 3. The lowest BCUT2D eigenvalue weighted by molar-refractivity contribution is -0.114. The monoisotopic (exact) mass is 260 g/mol. The van der Waals surface area contributed by atoms with Crippen LogP contribution in [0, 0.1) is 5.82 Å². The number of sulfonamides is 1. The van der Waals surface area contributed by atoms with Crippen molar-refractivity contribution in [3.63, 3.8) is 0 Å². The summed E-state index contributed by atoms with van der Waals surface area (Å²) in [6.45, 7) is 2.74. The zero-order valence-corrected chi connectivity index (χ0v) is 10.3. The first-order valence-electron chi connectivity index (χ1n) is 4.91. The normalized spacial score (nSPS) is 11.0. The Morgan fingerprint density at radius 3 is 2.53 bits per heavy atom. The van der Waals surface area contributed by atoms with Crippen LogP contribution in [-0.2, 0) is 14.8 Å². The van der Waals surface area contributed by atoms with E-state index in [4.69, 9.17) is 0 Å². The summed E-state index contributed by atoms with van der Waals surface area (Å²) >= 11 is 0. The van der Waals surface area contributed by atoms with Crippen LogP contribution in [-0.4, -0.2) is 20.1 Å². The van der Waals surface area contributed by atoms with Gasteiger partial charge in [0.05, 0.1) is 17.1 Å². The van der Waals surface area contributed by atoms with Crippen LogP contribution >= 0.6 is 0 Å². The topological polar surface area (TPSA) is 75.3 Å². The molecule has 7 heteroatoms. The Kier molecular flexibility index (Phi) is 4.06. The second-order valence-electron chi connectivity index (χ2n) is 3.38. The van der Waals surface area contributed by atoms with Gasteiger partial charge in [-0.15, -0.1) is 0 Å². The largest absolute Gasteiger partial charge is 0.325 e. The fraction of sp³-hybridized carbons (Fsp3) is 0.300. The van der Waals surface area contributed by atoms with Crippen LogP contribution < -0.4 is 10.0 Å². The third-order valence-corrected chi connectivity index (χ3v) is 3.23. The molecule has 0 saturated heterocycles. The quantitative estimate of drug-likeness (QED) is 0.862. The van der Waals surface area contributed by atoms with Crippen molar-refractivity contribution in [3.8, 4) is 0 Å². The van der Waals surface area contributed by atoms with E-state index in [2.05, 4.69) is 10.0 Å². The van der Waals surface area contributed by atoms with Crippen molar-refractivity contribution in [1.29, 1.82) is 0 Å². The van der Waals surface area contributed by atoms with Crippen LogP contribution in [0.3, 0.4) is 0 Å². The molecule has 0 heterocycles. The number of halogens is 1. The summed E-state index contributed by atoms with van der Waals surface area (Å²) in [6, 6.07) is 3.44. The van der Waals surface area contributed by atoms with E-state index in [0.717, 1.165) is 12.1 Å². The first-order chi connectivity index (χ1) is 7.84. The highest BCUT2D eigenvalue weighted by atomic mass is 32.2. The maximum absolute atomic E-state index is 13.0. The number of hydrogen-bond donors (Lipinski definition) is 2. The Balaban J connectivity index is 3.11. The van der Waals surface area contributed by atoms with E-state index in [1.807, 2.05) is 0 Å². The summed E-state index contributed by atoms with van der Waals surface area (Å²) in [6.07, 6.45) is 0. The van der Waals surface area contributed by atoms with Crippen LogP contribution in [0.1, 0.15) is 13.8 Å². The Labute approximate surface area is 99.1 Å². The fourth-order valence-electron chi connectivity index (χ4n) is 1.14. The molecule has 0 aromatic heterocycles. The average molecular weight is 260 g/mol. The molecule has 0 fully saturated rings. The van der Waals surface area contributed by atoms with Gasteiger partial charge in [0.2, 0.25) is 15.9 Å².